The van der Waals surface area contributed by atoms with E-state index in [1.807, 2.05) is 0 Å². The number of rotatable bonds is 2. The molecule has 0 spiro atoms. The minimum absolute atomic E-state index is 0.246. The first kappa shape index (κ1) is 10.4. The third-order valence-corrected chi connectivity index (χ3v) is 2.61. The van der Waals surface area contributed by atoms with Gasteiger partial charge in [-0.15, -0.1) is 0 Å². The number of benzene rings is 1. The van der Waals surface area contributed by atoms with Gasteiger partial charge in [-0.05, 0) is 24.6 Å². The standard InChI is InChI=1S/C11H9NO4/c1-5(11(15)16)6-2-3-8-7(4-6)9(13)10(14)12-8/h2-5H,1H3,(H,15,16)(H,12,13,14). The van der Waals surface area contributed by atoms with Crippen LogP contribution in [-0.2, 0) is 9.59 Å². The summed E-state index contributed by atoms with van der Waals surface area (Å²) in [6.45, 7) is 1.53. The van der Waals surface area contributed by atoms with Gasteiger partial charge in [0, 0.05) is 0 Å². The van der Waals surface area contributed by atoms with Gasteiger partial charge in [-0.2, -0.15) is 0 Å². The van der Waals surface area contributed by atoms with Crippen LogP contribution in [0.3, 0.4) is 0 Å². The number of nitrogens with one attached hydrogen (secondary N) is 1. The smallest absolute Gasteiger partial charge is 0.310 e. The quantitative estimate of drug-likeness (QED) is 0.727. The van der Waals surface area contributed by atoms with Crippen molar-refractivity contribution in [3.63, 3.8) is 0 Å². The predicted molar refractivity (Wildman–Crippen MR) is 55.5 cm³/mol. The monoisotopic (exact) mass is 219 g/mol. The molecule has 1 atom stereocenters. The van der Waals surface area contributed by atoms with Crippen LogP contribution in [0.25, 0.3) is 0 Å². The second-order valence-corrected chi connectivity index (χ2v) is 3.65. The molecule has 0 fully saturated rings. The van der Waals surface area contributed by atoms with Gasteiger partial charge < -0.3 is 10.4 Å². The van der Waals surface area contributed by atoms with Gasteiger partial charge in [0.15, 0.2) is 0 Å². The zero-order valence-electron chi connectivity index (χ0n) is 8.48. The maximum Gasteiger partial charge on any atom is 0.310 e. The molecule has 1 aromatic carbocycles. The number of carbonyl (C=O) groups excluding carboxylic acids is 2. The number of ketones is 1. The molecular weight excluding hydrogens is 210 g/mol. The van der Waals surface area contributed by atoms with E-state index in [0.717, 1.165) is 0 Å². The molecule has 1 aliphatic rings. The lowest BCUT2D eigenvalue weighted by Crippen LogP contribution is -2.12. The highest BCUT2D eigenvalue weighted by molar-refractivity contribution is 6.51. The van der Waals surface area contributed by atoms with Crippen LogP contribution in [0.5, 0.6) is 0 Å². The fraction of sp³-hybridized carbons (Fsp3) is 0.182. The SMILES string of the molecule is CC(C(=O)O)c1ccc2c(c1)C(=O)C(=O)N2. The van der Waals surface area contributed by atoms with E-state index in [4.69, 9.17) is 5.11 Å². The van der Waals surface area contributed by atoms with E-state index in [0.29, 0.717) is 11.3 Å². The predicted octanol–water partition coefficient (Wildman–Crippen LogP) is 1.01. The van der Waals surface area contributed by atoms with Crippen LogP contribution in [0, 0.1) is 0 Å². The second-order valence-electron chi connectivity index (χ2n) is 3.65. The Balaban J connectivity index is 2.45. The average Bonchev–Trinajstić information content (AvgIpc) is 2.53. The van der Waals surface area contributed by atoms with Gasteiger partial charge >= 0.3 is 5.97 Å². The largest absolute Gasteiger partial charge is 0.481 e. The number of aliphatic carboxylic acids is 1. The van der Waals surface area contributed by atoms with Gasteiger partial charge in [0.05, 0.1) is 17.2 Å². The van der Waals surface area contributed by atoms with E-state index in [1.54, 1.807) is 12.1 Å². The molecule has 0 bridgehead atoms. The number of Topliss-reactive ketones (excluding diaryl/α,β-unsaturated/α-hetero) is 1. The summed E-state index contributed by atoms with van der Waals surface area (Å²) in [7, 11) is 0. The van der Waals surface area contributed by atoms with Gasteiger partial charge in [0.2, 0.25) is 0 Å². The van der Waals surface area contributed by atoms with Crippen LogP contribution in [-0.4, -0.2) is 22.8 Å². The summed E-state index contributed by atoms with van der Waals surface area (Å²) in [4.78, 5) is 33.2. The Labute approximate surface area is 91.1 Å². The van der Waals surface area contributed by atoms with Crippen LogP contribution in [0.1, 0.15) is 28.8 Å². The zero-order chi connectivity index (χ0) is 11.9. The van der Waals surface area contributed by atoms with Crippen molar-refractivity contribution in [2.75, 3.05) is 5.32 Å². The molecule has 2 N–H and O–H groups in total. The van der Waals surface area contributed by atoms with Crippen molar-refractivity contribution in [2.24, 2.45) is 0 Å². The lowest BCUT2D eigenvalue weighted by atomic mass is 9.98. The highest BCUT2D eigenvalue weighted by Crippen LogP contribution is 2.27. The second kappa shape index (κ2) is 3.44. The lowest BCUT2D eigenvalue weighted by molar-refractivity contribution is -0.138. The number of carboxylic acid groups (broad SMARTS) is 1. The van der Waals surface area contributed by atoms with Crippen molar-refractivity contribution in [2.45, 2.75) is 12.8 Å². The molecule has 5 heteroatoms. The van der Waals surface area contributed by atoms with E-state index in [9.17, 15) is 14.4 Å². The van der Waals surface area contributed by atoms with Crippen LogP contribution >= 0.6 is 0 Å². The normalized spacial score (nSPS) is 15.6. The molecule has 0 aromatic heterocycles. The van der Waals surface area contributed by atoms with E-state index in [1.165, 1.54) is 13.0 Å². The summed E-state index contributed by atoms with van der Waals surface area (Å²) in [5.74, 6) is -2.96. The summed E-state index contributed by atoms with van der Waals surface area (Å²) in [6.07, 6.45) is 0. The first-order valence-corrected chi connectivity index (χ1v) is 4.73. The molecule has 5 nitrogen and oxygen atoms in total. The Morgan fingerprint density at radius 1 is 1.38 bits per heavy atom. The maximum atomic E-state index is 11.4. The minimum atomic E-state index is -0.968. The molecule has 1 aromatic rings. The van der Waals surface area contributed by atoms with Crippen LogP contribution in [0.15, 0.2) is 18.2 Å². The Morgan fingerprint density at radius 2 is 2.06 bits per heavy atom. The highest BCUT2D eigenvalue weighted by Gasteiger charge is 2.29. The molecule has 0 saturated heterocycles. The lowest BCUT2D eigenvalue weighted by Gasteiger charge is -2.07. The van der Waals surface area contributed by atoms with Gasteiger partial charge in [-0.1, -0.05) is 6.07 Å². The first-order chi connectivity index (χ1) is 7.50. The Kier molecular flexibility index (Phi) is 2.23. The molecule has 1 unspecified atom stereocenters. The third kappa shape index (κ3) is 1.46. The van der Waals surface area contributed by atoms with Gasteiger partial charge in [0.25, 0.3) is 11.7 Å². The van der Waals surface area contributed by atoms with Crippen LogP contribution < -0.4 is 5.32 Å². The van der Waals surface area contributed by atoms with Crippen LogP contribution in [0.2, 0.25) is 0 Å². The molecule has 16 heavy (non-hydrogen) atoms. The Bertz CT molecular complexity index is 507. The van der Waals surface area contributed by atoms with Crippen molar-refractivity contribution in [1.29, 1.82) is 0 Å². The maximum absolute atomic E-state index is 11.4. The van der Waals surface area contributed by atoms with E-state index < -0.39 is 23.6 Å². The minimum Gasteiger partial charge on any atom is -0.481 e. The van der Waals surface area contributed by atoms with Crippen molar-refractivity contribution in [3.05, 3.63) is 29.3 Å². The molecule has 1 amide bonds. The summed E-state index contributed by atoms with van der Waals surface area (Å²) in [5, 5.41) is 11.2. The summed E-state index contributed by atoms with van der Waals surface area (Å²) >= 11 is 0. The number of hydrogen-bond donors (Lipinski definition) is 2. The van der Waals surface area contributed by atoms with Gasteiger partial charge in [0.1, 0.15) is 0 Å². The van der Waals surface area contributed by atoms with E-state index >= 15 is 0 Å². The average molecular weight is 219 g/mol. The Hall–Kier alpha value is -2.17. The summed E-state index contributed by atoms with van der Waals surface area (Å²) in [5.41, 5.74) is 1.20. The number of hydrogen-bond acceptors (Lipinski definition) is 3. The van der Waals surface area contributed by atoms with E-state index in [-0.39, 0.29) is 5.56 Å². The zero-order valence-corrected chi connectivity index (χ0v) is 8.48. The number of carbonyl (C=O) groups is 3. The van der Waals surface area contributed by atoms with E-state index in [2.05, 4.69) is 5.32 Å². The number of anilines is 1. The topological polar surface area (TPSA) is 83.5 Å². The first-order valence-electron chi connectivity index (χ1n) is 4.73. The molecule has 1 aliphatic heterocycles. The summed E-state index contributed by atoms with van der Waals surface area (Å²) in [6, 6.07) is 4.60. The molecule has 2 rings (SSSR count). The molecular formula is C11H9NO4. The number of carboxylic acids is 1. The van der Waals surface area contributed by atoms with Crippen molar-refractivity contribution in [3.8, 4) is 0 Å². The fourth-order valence-electron chi connectivity index (χ4n) is 1.57. The third-order valence-electron chi connectivity index (χ3n) is 2.61. The van der Waals surface area contributed by atoms with Gasteiger partial charge in [-0.3, -0.25) is 14.4 Å². The summed E-state index contributed by atoms with van der Waals surface area (Å²) < 4.78 is 0. The molecule has 1 heterocycles. The van der Waals surface area contributed by atoms with Gasteiger partial charge in [-0.25, -0.2) is 0 Å². The molecule has 0 saturated carbocycles. The highest BCUT2D eigenvalue weighted by atomic mass is 16.4. The Morgan fingerprint density at radius 3 is 2.69 bits per heavy atom. The van der Waals surface area contributed by atoms with Crippen molar-refractivity contribution >= 4 is 23.3 Å². The van der Waals surface area contributed by atoms with Crippen molar-refractivity contribution in [1.82, 2.24) is 0 Å². The van der Waals surface area contributed by atoms with Crippen LogP contribution in [0.4, 0.5) is 5.69 Å². The molecule has 0 radical (unpaired) electrons. The fourth-order valence-corrected chi connectivity index (χ4v) is 1.57. The molecule has 0 aliphatic carbocycles. The number of fused-ring (bicyclic) bond motifs is 1. The number of amides is 1. The molecule has 82 valence electrons. The van der Waals surface area contributed by atoms with Crippen molar-refractivity contribution < 1.29 is 19.5 Å².